The maximum absolute atomic E-state index is 5.87. The van der Waals surface area contributed by atoms with Crippen molar-refractivity contribution < 1.29 is 18.9 Å². The molecule has 2 unspecified atom stereocenters. The summed E-state index contributed by atoms with van der Waals surface area (Å²) in [5.41, 5.74) is 1.13. The predicted molar refractivity (Wildman–Crippen MR) is 74.7 cm³/mol. The molecule has 2 aliphatic rings. The maximum atomic E-state index is 5.87. The summed E-state index contributed by atoms with van der Waals surface area (Å²) in [5, 5.41) is 0. The highest BCUT2D eigenvalue weighted by atomic mass is 16.7. The Balaban J connectivity index is 1.51. The van der Waals surface area contributed by atoms with Gasteiger partial charge in [-0.2, -0.15) is 0 Å². The maximum Gasteiger partial charge on any atom is 0.199 e. The van der Waals surface area contributed by atoms with Gasteiger partial charge in [-0.15, -0.1) is 0 Å². The first kappa shape index (κ1) is 13.9. The Kier molecular flexibility index (Phi) is 4.90. The first-order chi connectivity index (χ1) is 9.90. The number of hydrogen-bond donors (Lipinski definition) is 0. The van der Waals surface area contributed by atoms with Crippen molar-refractivity contribution in [1.82, 2.24) is 0 Å². The zero-order chi connectivity index (χ0) is 13.6. The lowest BCUT2D eigenvalue weighted by atomic mass is 10.2. The summed E-state index contributed by atoms with van der Waals surface area (Å²) in [5.74, 6) is 0.862. The van der Waals surface area contributed by atoms with Gasteiger partial charge in [-0.1, -0.05) is 12.1 Å². The van der Waals surface area contributed by atoms with Crippen LogP contribution in [0.25, 0.3) is 0 Å². The molecule has 0 aliphatic carbocycles. The Morgan fingerprint density at radius 2 is 2.15 bits per heavy atom. The van der Waals surface area contributed by atoms with Gasteiger partial charge in [0.1, 0.15) is 5.75 Å². The summed E-state index contributed by atoms with van der Waals surface area (Å²) in [6, 6.07) is 8.07. The molecule has 1 aromatic rings. The predicted octanol–water partition coefficient (Wildman–Crippen LogP) is 2.90. The van der Waals surface area contributed by atoms with Gasteiger partial charge in [0.2, 0.25) is 0 Å². The lowest BCUT2D eigenvalue weighted by Crippen LogP contribution is -2.25. The molecule has 20 heavy (non-hydrogen) atoms. The standard InChI is InChI=1S/C16H22O4/c1-2-8-18-16(6-1)20-14-5-3-4-13(10-14)11-19-15-7-9-17-12-15/h3-5,10,15-16H,1-2,6-9,11-12H2. The molecule has 2 fully saturated rings. The van der Waals surface area contributed by atoms with Gasteiger partial charge in [-0.3, -0.25) is 0 Å². The smallest absolute Gasteiger partial charge is 0.199 e. The largest absolute Gasteiger partial charge is 0.465 e. The number of benzene rings is 1. The normalized spacial score (nSPS) is 26.6. The second kappa shape index (κ2) is 7.07. The number of hydrogen-bond acceptors (Lipinski definition) is 4. The van der Waals surface area contributed by atoms with Crippen LogP contribution in [0.5, 0.6) is 5.75 Å². The van der Waals surface area contributed by atoms with Crippen LogP contribution < -0.4 is 4.74 Å². The first-order valence-electron chi connectivity index (χ1n) is 7.47. The van der Waals surface area contributed by atoms with E-state index in [0.29, 0.717) is 13.2 Å². The van der Waals surface area contributed by atoms with E-state index >= 15 is 0 Å². The van der Waals surface area contributed by atoms with Crippen LogP contribution in [0.4, 0.5) is 0 Å². The molecule has 2 atom stereocenters. The average Bonchev–Trinajstić information content (AvgIpc) is 3.00. The Labute approximate surface area is 120 Å². The third-order valence-corrected chi connectivity index (χ3v) is 3.68. The van der Waals surface area contributed by atoms with E-state index in [2.05, 4.69) is 6.07 Å². The minimum atomic E-state index is -0.0943. The molecule has 4 heteroatoms. The van der Waals surface area contributed by atoms with E-state index in [0.717, 1.165) is 43.8 Å². The summed E-state index contributed by atoms with van der Waals surface area (Å²) in [4.78, 5) is 0. The van der Waals surface area contributed by atoms with Crippen LogP contribution in [0.15, 0.2) is 24.3 Å². The van der Waals surface area contributed by atoms with Crippen molar-refractivity contribution in [3.05, 3.63) is 29.8 Å². The lowest BCUT2D eigenvalue weighted by molar-refractivity contribution is -0.105. The van der Waals surface area contributed by atoms with Crippen molar-refractivity contribution in [3.8, 4) is 5.75 Å². The summed E-state index contributed by atoms with van der Waals surface area (Å²) in [6.45, 7) is 2.94. The van der Waals surface area contributed by atoms with Crippen LogP contribution in [0.3, 0.4) is 0 Å². The third kappa shape index (κ3) is 3.95. The van der Waals surface area contributed by atoms with Gasteiger partial charge < -0.3 is 18.9 Å². The molecule has 0 bridgehead atoms. The van der Waals surface area contributed by atoms with Gasteiger partial charge in [0.15, 0.2) is 6.29 Å². The van der Waals surface area contributed by atoms with Gasteiger partial charge in [-0.05, 0) is 37.0 Å². The second-order valence-electron chi connectivity index (χ2n) is 5.36. The zero-order valence-corrected chi connectivity index (χ0v) is 11.8. The van der Waals surface area contributed by atoms with E-state index in [-0.39, 0.29) is 12.4 Å². The third-order valence-electron chi connectivity index (χ3n) is 3.68. The van der Waals surface area contributed by atoms with Crippen molar-refractivity contribution >= 4 is 0 Å². The van der Waals surface area contributed by atoms with Crippen LogP contribution >= 0.6 is 0 Å². The van der Waals surface area contributed by atoms with Crippen LogP contribution in [-0.2, 0) is 20.8 Å². The fraction of sp³-hybridized carbons (Fsp3) is 0.625. The van der Waals surface area contributed by atoms with Crippen molar-refractivity contribution in [1.29, 1.82) is 0 Å². The van der Waals surface area contributed by atoms with Gasteiger partial charge in [0.25, 0.3) is 0 Å². The minimum Gasteiger partial charge on any atom is -0.465 e. The molecule has 4 nitrogen and oxygen atoms in total. The van der Waals surface area contributed by atoms with E-state index in [9.17, 15) is 0 Å². The molecule has 2 aliphatic heterocycles. The molecule has 2 saturated heterocycles. The van der Waals surface area contributed by atoms with E-state index in [1.165, 1.54) is 6.42 Å². The van der Waals surface area contributed by atoms with Crippen LogP contribution in [-0.4, -0.2) is 32.2 Å². The van der Waals surface area contributed by atoms with Gasteiger partial charge in [0, 0.05) is 13.0 Å². The van der Waals surface area contributed by atoms with Crippen LogP contribution in [0.2, 0.25) is 0 Å². The zero-order valence-electron chi connectivity index (χ0n) is 11.8. The summed E-state index contributed by atoms with van der Waals surface area (Å²) < 4.78 is 22.6. The van der Waals surface area contributed by atoms with E-state index in [1.54, 1.807) is 0 Å². The summed E-state index contributed by atoms with van der Waals surface area (Å²) in [6.07, 6.45) is 4.42. The second-order valence-corrected chi connectivity index (χ2v) is 5.36. The van der Waals surface area contributed by atoms with E-state index in [1.807, 2.05) is 18.2 Å². The Morgan fingerprint density at radius 3 is 2.95 bits per heavy atom. The Morgan fingerprint density at radius 1 is 1.15 bits per heavy atom. The molecule has 0 saturated carbocycles. The van der Waals surface area contributed by atoms with E-state index in [4.69, 9.17) is 18.9 Å². The van der Waals surface area contributed by atoms with Gasteiger partial charge in [-0.25, -0.2) is 0 Å². The molecular weight excluding hydrogens is 256 g/mol. The molecule has 2 heterocycles. The lowest BCUT2D eigenvalue weighted by Gasteiger charge is -2.23. The number of ether oxygens (including phenoxy) is 4. The molecule has 0 radical (unpaired) electrons. The Bertz CT molecular complexity index is 409. The van der Waals surface area contributed by atoms with Crippen LogP contribution in [0.1, 0.15) is 31.2 Å². The summed E-state index contributed by atoms with van der Waals surface area (Å²) >= 11 is 0. The molecular formula is C16H22O4. The number of rotatable bonds is 5. The van der Waals surface area contributed by atoms with Crippen molar-refractivity contribution in [2.24, 2.45) is 0 Å². The quantitative estimate of drug-likeness (QED) is 0.830. The summed E-state index contributed by atoms with van der Waals surface area (Å²) in [7, 11) is 0. The molecule has 0 N–H and O–H groups in total. The van der Waals surface area contributed by atoms with Gasteiger partial charge in [0.05, 0.1) is 25.9 Å². The first-order valence-corrected chi connectivity index (χ1v) is 7.47. The molecule has 1 aromatic carbocycles. The fourth-order valence-corrected chi connectivity index (χ4v) is 2.52. The van der Waals surface area contributed by atoms with E-state index < -0.39 is 0 Å². The van der Waals surface area contributed by atoms with Crippen molar-refractivity contribution in [2.75, 3.05) is 19.8 Å². The van der Waals surface area contributed by atoms with Crippen molar-refractivity contribution in [3.63, 3.8) is 0 Å². The fourth-order valence-electron chi connectivity index (χ4n) is 2.52. The highest BCUT2D eigenvalue weighted by Crippen LogP contribution is 2.21. The monoisotopic (exact) mass is 278 g/mol. The molecule has 3 rings (SSSR count). The topological polar surface area (TPSA) is 36.9 Å². The van der Waals surface area contributed by atoms with Gasteiger partial charge >= 0.3 is 0 Å². The molecule has 0 spiro atoms. The SMILES string of the molecule is c1cc(COC2CCOC2)cc(OC2CCCCO2)c1. The van der Waals surface area contributed by atoms with Crippen LogP contribution in [0, 0.1) is 0 Å². The average molecular weight is 278 g/mol. The highest BCUT2D eigenvalue weighted by molar-refractivity contribution is 5.28. The molecule has 0 amide bonds. The van der Waals surface area contributed by atoms with Crippen molar-refractivity contribution in [2.45, 2.75) is 44.7 Å². The Hall–Kier alpha value is -1.10. The molecule has 110 valence electrons. The molecule has 0 aromatic heterocycles. The minimum absolute atomic E-state index is 0.0943. The highest BCUT2D eigenvalue weighted by Gasteiger charge is 2.17.